The highest BCUT2D eigenvalue weighted by molar-refractivity contribution is 5.81. The number of rotatable bonds is 5. The summed E-state index contributed by atoms with van der Waals surface area (Å²) in [5, 5.41) is 3.04. The van der Waals surface area contributed by atoms with Crippen LogP contribution < -0.4 is 5.32 Å². The third-order valence-electron chi connectivity index (χ3n) is 4.53. The zero-order valence-corrected chi connectivity index (χ0v) is 13.8. The van der Waals surface area contributed by atoms with Gasteiger partial charge in [0, 0.05) is 12.5 Å². The molecule has 1 N–H and O–H groups in total. The standard InChI is InChI=1S/C20H21N3O/c1-14-5-4-6-15(11-14)13-23-18-8-3-2-7-17(18)22-19(23)12-21-20(24)16-9-10-16/h2-8,11,16H,9-10,12-13H2,1H3,(H,21,24). The molecule has 0 unspecified atom stereocenters. The SMILES string of the molecule is Cc1cccc(Cn2c(CNC(=O)C3CC3)nc3ccccc32)c1. The Balaban J connectivity index is 1.65. The molecular formula is C20H21N3O. The van der Waals surface area contributed by atoms with Crippen molar-refractivity contribution in [1.82, 2.24) is 14.9 Å². The molecule has 1 aliphatic carbocycles. The van der Waals surface area contributed by atoms with Gasteiger partial charge in [0.2, 0.25) is 5.91 Å². The number of benzene rings is 2. The van der Waals surface area contributed by atoms with Crippen molar-refractivity contribution in [2.75, 3.05) is 0 Å². The summed E-state index contributed by atoms with van der Waals surface area (Å²) in [6.45, 7) is 3.35. The molecule has 1 fully saturated rings. The van der Waals surface area contributed by atoms with Crippen LogP contribution in [0.1, 0.15) is 29.8 Å². The van der Waals surface area contributed by atoms with Gasteiger partial charge in [0.05, 0.1) is 17.6 Å². The number of amides is 1. The Morgan fingerprint density at radius 3 is 2.83 bits per heavy atom. The van der Waals surface area contributed by atoms with Gasteiger partial charge in [-0.25, -0.2) is 4.98 Å². The number of carbonyl (C=O) groups excluding carboxylic acids is 1. The van der Waals surface area contributed by atoms with Crippen LogP contribution in [0.15, 0.2) is 48.5 Å². The number of nitrogens with one attached hydrogen (secondary N) is 1. The lowest BCUT2D eigenvalue weighted by molar-refractivity contribution is -0.122. The predicted octanol–water partition coefficient (Wildman–Crippen LogP) is 3.42. The number of carbonyl (C=O) groups is 1. The van der Waals surface area contributed by atoms with E-state index in [1.807, 2.05) is 18.2 Å². The number of para-hydroxylation sites is 2. The van der Waals surface area contributed by atoms with E-state index in [1.165, 1.54) is 11.1 Å². The summed E-state index contributed by atoms with van der Waals surface area (Å²) in [6, 6.07) is 16.7. The molecule has 0 atom stereocenters. The molecule has 4 nitrogen and oxygen atoms in total. The van der Waals surface area contributed by atoms with Crippen LogP contribution in [0, 0.1) is 12.8 Å². The van der Waals surface area contributed by atoms with Gasteiger partial charge in [0.1, 0.15) is 5.82 Å². The van der Waals surface area contributed by atoms with Crippen LogP contribution >= 0.6 is 0 Å². The van der Waals surface area contributed by atoms with Crippen LogP contribution in [-0.2, 0) is 17.9 Å². The topological polar surface area (TPSA) is 46.9 Å². The second-order valence-corrected chi connectivity index (χ2v) is 6.58. The summed E-state index contributed by atoms with van der Waals surface area (Å²) >= 11 is 0. The van der Waals surface area contributed by atoms with Gasteiger partial charge in [-0.05, 0) is 37.5 Å². The molecule has 1 amide bonds. The molecule has 0 spiro atoms. The maximum absolute atomic E-state index is 12.0. The second kappa shape index (κ2) is 6.11. The number of imidazole rings is 1. The van der Waals surface area contributed by atoms with Crippen molar-refractivity contribution in [2.24, 2.45) is 5.92 Å². The van der Waals surface area contributed by atoms with E-state index in [0.29, 0.717) is 6.54 Å². The lowest BCUT2D eigenvalue weighted by atomic mass is 10.1. The summed E-state index contributed by atoms with van der Waals surface area (Å²) in [4.78, 5) is 16.7. The predicted molar refractivity (Wildman–Crippen MR) is 94.6 cm³/mol. The Morgan fingerprint density at radius 1 is 1.21 bits per heavy atom. The third-order valence-corrected chi connectivity index (χ3v) is 4.53. The molecule has 24 heavy (non-hydrogen) atoms. The Hall–Kier alpha value is -2.62. The number of aromatic nitrogens is 2. The Morgan fingerprint density at radius 2 is 2.04 bits per heavy atom. The largest absolute Gasteiger partial charge is 0.349 e. The number of nitrogens with zero attached hydrogens (tertiary/aromatic N) is 2. The van der Waals surface area contributed by atoms with E-state index in [0.717, 1.165) is 36.2 Å². The Bertz CT molecular complexity index is 893. The van der Waals surface area contributed by atoms with Crippen LogP contribution in [0.5, 0.6) is 0 Å². The molecule has 0 aliphatic heterocycles. The first-order chi connectivity index (χ1) is 11.7. The molecule has 122 valence electrons. The zero-order chi connectivity index (χ0) is 16.5. The zero-order valence-electron chi connectivity index (χ0n) is 13.8. The molecule has 0 radical (unpaired) electrons. The molecule has 4 rings (SSSR count). The Labute approximate surface area is 141 Å². The number of aryl methyl sites for hydroxylation is 1. The van der Waals surface area contributed by atoms with Gasteiger partial charge in [0.25, 0.3) is 0 Å². The minimum atomic E-state index is 0.157. The van der Waals surface area contributed by atoms with Crippen molar-refractivity contribution in [2.45, 2.75) is 32.9 Å². The van der Waals surface area contributed by atoms with Gasteiger partial charge in [0.15, 0.2) is 0 Å². The highest BCUT2D eigenvalue weighted by atomic mass is 16.2. The van der Waals surface area contributed by atoms with Crippen LogP contribution in [0.25, 0.3) is 11.0 Å². The van der Waals surface area contributed by atoms with Crippen molar-refractivity contribution in [1.29, 1.82) is 0 Å². The van der Waals surface area contributed by atoms with Crippen LogP contribution in [-0.4, -0.2) is 15.5 Å². The summed E-state index contributed by atoms with van der Waals surface area (Å²) in [5.74, 6) is 1.29. The maximum atomic E-state index is 12.0. The molecule has 0 bridgehead atoms. The number of hydrogen-bond donors (Lipinski definition) is 1. The molecule has 3 aromatic rings. The maximum Gasteiger partial charge on any atom is 0.223 e. The smallest absolute Gasteiger partial charge is 0.223 e. The van der Waals surface area contributed by atoms with Gasteiger partial charge >= 0.3 is 0 Å². The normalized spacial score (nSPS) is 14.0. The lowest BCUT2D eigenvalue weighted by Crippen LogP contribution is -2.26. The fraction of sp³-hybridized carbons (Fsp3) is 0.300. The number of hydrogen-bond acceptors (Lipinski definition) is 2. The first-order valence-corrected chi connectivity index (χ1v) is 8.48. The van der Waals surface area contributed by atoms with Crippen LogP contribution in [0.4, 0.5) is 0 Å². The molecular weight excluding hydrogens is 298 g/mol. The average Bonchev–Trinajstić information content (AvgIpc) is 3.37. The monoisotopic (exact) mass is 319 g/mol. The van der Waals surface area contributed by atoms with E-state index in [9.17, 15) is 4.79 Å². The van der Waals surface area contributed by atoms with Gasteiger partial charge in [-0.3, -0.25) is 4.79 Å². The van der Waals surface area contributed by atoms with Crippen molar-refractivity contribution in [3.63, 3.8) is 0 Å². The number of fused-ring (bicyclic) bond motifs is 1. The van der Waals surface area contributed by atoms with E-state index >= 15 is 0 Å². The van der Waals surface area contributed by atoms with E-state index in [4.69, 9.17) is 4.98 Å². The minimum Gasteiger partial charge on any atom is -0.349 e. The molecule has 2 aromatic carbocycles. The molecule has 1 aliphatic rings. The summed E-state index contributed by atoms with van der Waals surface area (Å²) in [6.07, 6.45) is 2.04. The highest BCUT2D eigenvalue weighted by Crippen LogP contribution is 2.29. The molecule has 4 heteroatoms. The van der Waals surface area contributed by atoms with Gasteiger partial charge in [-0.2, -0.15) is 0 Å². The third kappa shape index (κ3) is 3.04. The van der Waals surface area contributed by atoms with Crippen molar-refractivity contribution in [3.8, 4) is 0 Å². The van der Waals surface area contributed by atoms with E-state index in [-0.39, 0.29) is 11.8 Å². The Kier molecular flexibility index (Phi) is 3.81. The van der Waals surface area contributed by atoms with Gasteiger partial charge in [-0.1, -0.05) is 42.0 Å². The van der Waals surface area contributed by atoms with Crippen LogP contribution in [0.3, 0.4) is 0 Å². The van der Waals surface area contributed by atoms with Crippen molar-refractivity contribution >= 4 is 16.9 Å². The quantitative estimate of drug-likeness (QED) is 0.783. The first-order valence-electron chi connectivity index (χ1n) is 8.48. The van der Waals surface area contributed by atoms with Gasteiger partial charge in [-0.15, -0.1) is 0 Å². The van der Waals surface area contributed by atoms with Gasteiger partial charge < -0.3 is 9.88 Å². The first kappa shape index (κ1) is 14.9. The molecule has 1 aromatic heterocycles. The molecule has 1 saturated carbocycles. The van der Waals surface area contributed by atoms with Crippen LogP contribution in [0.2, 0.25) is 0 Å². The lowest BCUT2D eigenvalue weighted by Gasteiger charge is -2.11. The highest BCUT2D eigenvalue weighted by Gasteiger charge is 2.29. The second-order valence-electron chi connectivity index (χ2n) is 6.58. The minimum absolute atomic E-state index is 0.157. The van der Waals surface area contributed by atoms with E-state index in [2.05, 4.69) is 47.1 Å². The fourth-order valence-corrected chi connectivity index (χ4v) is 3.09. The van der Waals surface area contributed by atoms with Crippen molar-refractivity contribution < 1.29 is 4.79 Å². The molecule has 0 saturated heterocycles. The van der Waals surface area contributed by atoms with E-state index in [1.54, 1.807) is 0 Å². The average molecular weight is 319 g/mol. The van der Waals surface area contributed by atoms with Crippen molar-refractivity contribution in [3.05, 3.63) is 65.5 Å². The summed E-state index contributed by atoms with van der Waals surface area (Å²) < 4.78 is 2.21. The summed E-state index contributed by atoms with van der Waals surface area (Å²) in [7, 11) is 0. The molecule has 1 heterocycles. The van der Waals surface area contributed by atoms with E-state index < -0.39 is 0 Å². The fourth-order valence-electron chi connectivity index (χ4n) is 3.09. The summed E-state index contributed by atoms with van der Waals surface area (Å²) in [5.41, 5.74) is 4.57.